The number of halogens is 2. The van der Waals surface area contributed by atoms with Crippen LogP contribution < -0.4 is 14.9 Å². The summed E-state index contributed by atoms with van der Waals surface area (Å²) < 4.78 is 12.3. The first-order valence-corrected chi connectivity index (χ1v) is 12.0. The van der Waals surface area contributed by atoms with Gasteiger partial charge in [0.1, 0.15) is 12.6 Å². The SMILES string of the molecule is COCCOC(=O)C1=C(C)N=c2s/c(=C\c3ccc(Cl)cc3Cl)c(=O)n2C1c1cccs1. The fourth-order valence-electron chi connectivity index (χ4n) is 3.35. The van der Waals surface area contributed by atoms with Gasteiger partial charge in [-0.15, -0.1) is 11.3 Å². The van der Waals surface area contributed by atoms with Gasteiger partial charge in [-0.2, -0.15) is 0 Å². The van der Waals surface area contributed by atoms with E-state index in [0.717, 1.165) is 4.88 Å². The van der Waals surface area contributed by atoms with Gasteiger partial charge < -0.3 is 9.47 Å². The summed E-state index contributed by atoms with van der Waals surface area (Å²) in [4.78, 5) is 32.3. The Labute approximate surface area is 201 Å². The molecule has 1 aromatic carbocycles. The highest BCUT2D eigenvalue weighted by Crippen LogP contribution is 2.33. The lowest BCUT2D eigenvalue weighted by Gasteiger charge is -2.23. The number of thiophene rings is 1. The minimum absolute atomic E-state index is 0.114. The second-order valence-electron chi connectivity index (χ2n) is 6.89. The standard InChI is InChI=1S/C22H18Cl2N2O4S2/c1-12-18(21(28)30-8-7-29-2)19(16-4-3-9-31-16)26-20(27)17(32-22(26)25-12)10-13-5-6-14(23)11-15(13)24/h3-6,9-11,19H,7-8H2,1-2H3/b17-10-. The molecule has 0 bridgehead atoms. The number of thiazole rings is 1. The fraction of sp³-hybridized carbons (Fsp3) is 0.227. The average Bonchev–Trinajstić information content (AvgIpc) is 3.38. The first-order chi connectivity index (χ1) is 15.4. The number of fused-ring (bicyclic) bond motifs is 1. The van der Waals surface area contributed by atoms with Crippen molar-refractivity contribution in [3.63, 3.8) is 0 Å². The lowest BCUT2D eigenvalue weighted by Crippen LogP contribution is -2.39. The molecule has 4 rings (SSSR count). The number of rotatable bonds is 6. The van der Waals surface area contributed by atoms with Gasteiger partial charge in [0.2, 0.25) is 0 Å². The number of methoxy groups -OCH3 is 1. The van der Waals surface area contributed by atoms with Gasteiger partial charge in [-0.3, -0.25) is 9.36 Å². The number of aromatic nitrogens is 1. The van der Waals surface area contributed by atoms with Crippen molar-refractivity contribution in [1.82, 2.24) is 4.57 Å². The molecule has 32 heavy (non-hydrogen) atoms. The van der Waals surface area contributed by atoms with Gasteiger partial charge in [0.05, 0.1) is 22.4 Å². The molecule has 0 N–H and O–H groups in total. The molecule has 2 aromatic heterocycles. The van der Waals surface area contributed by atoms with Crippen LogP contribution >= 0.6 is 45.9 Å². The lowest BCUT2D eigenvalue weighted by molar-refractivity contribution is -0.140. The van der Waals surface area contributed by atoms with E-state index in [1.54, 1.807) is 35.8 Å². The molecule has 1 unspecified atom stereocenters. The van der Waals surface area contributed by atoms with Crippen LogP contribution in [0, 0.1) is 0 Å². The van der Waals surface area contributed by atoms with Crippen molar-refractivity contribution in [3.8, 4) is 0 Å². The summed E-state index contributed by atoms with van der Waals surface area (Å²) >= 11 is 15.0. The van der Waals surface area contributed by atoms with Crippen LogP contribution in [-0.4, -0.2) is 30.9 Å². The Balaban J connectivity index is 1.86. The normalized spacial score (nSPS) is 16.1. The van der Waals surface area contributed by atoms with Crippen molar-refractivity contribution in [3.05, 3.63) is 87.2 Å². The van der Waals surface area contributed by atoms with Crippen LogP contribution in [0.1, 0.15) is 23.4 Å². The van der Waals surface area contributed by atoms with Crippen molar-refractivity contribution < 1.29 is 14.3 Å². The van der Waals surface area contributed by atoms with Gasteiger partial charge >= 0.3 is 5.97 Å². The monoisotopic (exact) mass is 508 g/mol. The molecule has 3 heterocycles. The number of carbonyl (C=O) groups is 1. The summed E-state index contributed by atoms with van der Waals surface area (Å²) in [5.41, 5.74) is 1.27. The zero-order valence-electron chi connectivity index (χ0n) is 17.1. The number of hydrogen-bond acceptors (Lipinski definition) is 7. The van der Waals surface area contributed by atoms with Crippen molar-refractivity contribution in [2.75, 3.05) is 20.3 Å². The second-order valence-corrected chi connectivity index (χ2v) is 9.72. The summed E-state index contributed by atoms with van der Waals surface area (Å²) in [6.07, 6.45) is 1.71. The van der Waals surface area contributed by atoms with Crippen LogP contribution in [0.2, 0.25) is 10.0 Å². The maximum absolute atomic E-state index is 13.5. The van der Waals surface area contributed by atoms with Crippen LogP contribution in [0.4, 0.5) is 0 Å². The number of allylic oxidation sites excluding steroid dienone is 1. The Morgan fingerprint density at radius 2 is 2.09 bits per heavy atom. The second kappa shape index (κ2) is 9.72. The van der Waals surface area contributed by atoms with Gasteiger partial charge in [0.25, 0.3) is 5.56 Å². The van der Waals surface area contributed by atoms with Crippen LogP contribution in [0.15, 0.2) is 56.8 Å². The predicted octanol–water partition coefficient (Wildman–Crippen LogP) is 3.79. The van der Waals surface area contributed by atoms with E-state index in [4.69, 9.17) is 32.7 Å². The molecular formula is C22H18Cl2N2O4S2. The topological polar surface area (TPSA) is 69.9 Å². The molecule has 0 saturated carbocycles. The molecule has 0 amide bonds. The zero-order valence-corrected chi connectivity index (χ0v) is 20.3. The Morgan fingerprint density at radius 1 is 1.28 bits per heavy atom. The summed E-state index contributed by atoms with van der Waals surface area (Å²) in [5.74, 6) is -0.517. The molecule has 0 spiro atoms. The van der Waals surface area contributed by atoms with Gasteiger partial charge in [0, 0.05) is 22.0 Å². The van der Waals surface area contributed by atoms with E-state index in [2.05, 4.69) is 4.99 Å². The third-order valence-electron chi connectivity index (χ3n) is 4.82. The summed E-state index contributed by atoms with van der Waals surface area (Å²) in [6, 6.07) is 8.24. The van der Waals surface area contributed by atoms with E-state index in [0.29, 0.717) is 36.2 Å². The summed E-state index contributed by atoms with van der Waals surface area (Å²) in [6.45, 7) is 2.15. The molecular weight excluding hydrogens is 491 g/mol. The van der Waals surface area contributed by atoms with Gasteiger partial charge in [-0.25, -0.2) is 9.79 Å². The van der Waals surface area contributed by atoms with E-state index in [-0.39, 0.29) is 18.8 Å². The smallest absolute Gasteiger partial charge is 0.338 e. The highest BCUT2D eigenvalue weighted by Gasteiger charge is 2.34. The number of carbonyl (C=O) groups excluding carboxylic acids is 1. The molecule has 6 nitrogen and oxygen atoms in total. The average molecular weight is 509 g/mol. The maximum Gasteiger partial charge on any atom is 0.338 e. The van der Waals surface area contributed by atoms with Crippen LogP contribution in [0.25, 0.3) is 6.08 Å². The summed E-state index contributed by atoms with van der Waals surface area (Å²) in [7, 11) is 1.53. The first kappa shape index (κ1) is 22.9. The quantitative estimate of drug-likeness (QED) is 0.375. The maximum atomic E-state index is 13.5. The fourth-order valence-corrected chi connectivity index (χ4v) is 5.68. The van der Waals surface area contributed by atoms with Crippen LogP contribution in [-0.2, 0) is 14.3 Å². The van der Waals surface area contributed by atoms with E-state index in [9.17, 15) is 9.59 Å². The van der Waals surface area contributed by atoms with Crippen molar-refractivity contribution >= 4 is 57.9 Å². The van der Waals surface area contributed by atoms with Gasteiger partial charge in [0.15, 0.2) is 4.80 Å². The molecule has 1 atom stereocenters. The van der Waals surface area contributed by atoms with E-state index in [1.807, 2.05) is 17.5 Å². The van der Waals surface area contributed by atoms with E-state index >= 15 is 0 Å². The number of hydrogen-bond donors (Lipinski definition) is 0. The molecule has 3 aromatic rings. The first-order valence-electron chi connectivity index (χ1n) is 9.57. The largest absolute Gasteiger partial charge is 0.460 e. The minimum atomic E-state index is -0.621. The van der Waals surface area contributed by atoms with Crippen molar-refractivity contribution in [1.29, 1.82) is 0 Å². The number of benzene rings is 1. The molecule has 0 radical (unpaired) electrons. The minimum Gasteiger partial charge on any atom is -0.460 e. The number of ether oxygens (including phenoxy) is 2. The van der Waals surface area contributed by atoms with Crippen LogP contribution in [0.5, 0.6) is 0 Å². The Morgan fingerprint density at radius 3 is 2.78 bits per heavy atom. The van der Waals surface area contributed by atoms with Gasteiger partial charge in [-0.05, 0) is 42.1 Å². The van der Waals surface area contributed by atoms with E-state index in [1.165, 1.54) is 29.8 Å². The lowest BCUT2D eigenvalue weighted by atomic mass is 10.0. The molecule has 166 valence electrons. The van der Waals surface area contributed by atoms with E-state index < -0.39 is 12.0 Å². The number of esters is 1. The Hall–Kier alpha value is -2.23. The summed E-state index contributed by atoms with van der Waals surface area (Å²) in [5, 5.41) is 2.86. The van der Waals surface area contributed by atoms with Crippen molar-refractivity contribution in [2.24, 2.45) is 4.99 Å². The molecule has 10 heteroatoms. The molecule has 0 fully saturated rings. The van der Waals surface area contributed by atoms with Gasteiger partial charge in [-0.1, -0.05) is 46.7 Å². The highest BCUT2D eigenvalue weighted by molar-refractivity contribution is 7.10. The van der Waals surface area contributed by atoms with Crippen LogP contribution in [0.3, 0.4) is 0 Å². The predicted molar refractivity (Wildman–Crippen MR) is 127 cm³/mol. The third kappa shape index (κ3) is 4.46. The highest BCUT2D eigenvalue weighted by atomic mass is 35.5. The van der Waals surface area contributed by atoms with Crippen molar-refractivity contribution in [2.45, 2.75) is 13.0 Å². The molecule has 1 aliphatic rings. The molecule has 0 aliphatic carbocycles. The Bertz CT molecular complexity index is 1370. The third-order valence-corrected chi connectivity index (χ3v) is 7.29. The molecule has 0 saturated heterocycles. The molecule has 1 aliphatic heterocycles. The zero-order chi connectivity index (χ0) is 22.8. The Kier molecular flexibility index (Phi) is 6.97. The number of nitrogens with zero attached hydrogens (tertiary/aromatic N) is 2.